The van der Waals surface area contributed by atoms with Crippen LogP contribution in [-0.2, 0) is 4.74 Å². The van der Waals surface area contributed by atoms with Crippen molar-refractivity contribution in [3.05, 3.63) is 34.9 Å². The molecule has 2 heterocycles. The van der Waals surface area contributed by atoms with Gasteiger partial charge in [0.05, 0.1) is 11.1 Å². The van der Waals surface area contributed by atoms with E-state index in [1.807, 2.05) is 6.92 Å². The summed E-state index contributed by atoms with van der Waals surface area (Å²) in [5.74, 6) is -0.833. The van der Waals surface area contributed by atoms with E-state index < -0.39 is 11.7 Å². The molecular weight excluding hydrogens is 410 g/mol. The average Bonchev–Trinajstić information content (AvgIpc) is 2.98. The fourth-order valence-electron chi connectivity index (χ4n) is 4.10. The van der Waals surface area contributed by atoms with Crippen LogP contribution in [-0.4, -0.2) is 64.9 Å². The highest BCUT2D eigenvalue weighted by Crippen LogP contribution is 2.26. The summed E-state index contributed by atoms with van der Waals surface area (Å²) < 4.78 is 5.29. The van der Waals surface area contributed by atoms with Gasteiger partial charge >= 0.3 is 6.09 Å². The van der Waals surface area contributed by atoms with E-state index >= 15 is 0 Å². The standard InChI is InChI=1S/C24H33N3O5/c1-5-6-12-27-21(29)18-11-10-16(14-19(18)22(27)30)20(28)26-13-8-7-9-17(26)15-25-23(31)32-24(2,3)4/h10-11,14,17H,5-9,12-13,15H2,1-4H3,(H,25,31). The predicted octanol–water partition coefficient (Wildman–Crippen LogP) is 3.60. The monoisotopic (exact) mass is 443 g/mol. The molecule has 1 N–H and O–H groups in total. The van der Waals surface area contributed by atoms with Crippen molar-refractivity contribution in [3.63, 3.8) is 0 Å². The van der Waals surface area contributed by atoms with E-state index in [-0.39, 0.29) is 29.3 Å². The van der Waals surface area contributed by atoms with Crippen LogP contribution in [0.4, 0.5) is 4.79 Å². The van der Waals surface area contributed by atoms with Gasteiger partial charge in [0, 0.05) is 31.2 Å². The zero-order valence-corrected chi connectivity index (χ0v) is 19.4. The number of nitrogens with zero attached hydrogens (tertiary/aromatic N) is 2. The number of carbonyl (C=O) groups is 4. The van der Waals surface area contributed by atoms with Gasteiger partial charge in [-0.1, -0.05) is 13.3 Å². The van der Waals surface area contributed by atoms with Gasteiger partial charge in [-0.2, -0.15) is 0 Å². The van der Waals surface area contributed by atoms with Crippen LogP contribution in [0.25, 0.3) is 0 Å². The van der Waals surface area contributed by atoms with Gasteiger partial charge in [-0.25, -0.2) is 4.79 Å². The first-order valence-electron chi connectivity index (χ1n) is 11.4. The highest BCUT2D eigenvalue weighted by Gasteiger charge is 2.36. The fraction of sp³-hybridized carbons (Fsp3) is 0.583. The largest absolute Gasteiger partial charge is 0.444 e. The van der Waals surface area contributed by atoms with E-state index in [2.05, 4.69) is 5.32 Å². The minimum atomic E-state index is -0.592. The third-order valence-electron chi connectivity index (χ3n) is 5.72. The smallest absolute Gasteiger partial charge is 0.407 e. The minimum Gasteiger partial charge on any atom is -0.444 e. The second-order valence-electron chi connectivity index (χ2n) is 9.41. The third-order valence-corrected chi connectivity index (χ3v) is 5.72. The second-order valence-corrected chi connectivity index (χ2v) is 9.41. The van der Waals surface area contributed by atoms with Crippen LogP contribution >= 0.6 is 0 Å². The lowest BCUT2D eigenvalue weighted by atomic mass is 9.99. The Kier molecular flexibility index (Phi) is 7.21. The van der Waals surface area contributed by atoms with Crippen molar-refractivity contribution in [2.75, 3.05) is 19.6 Å². The first kappa shape index (κ1) is 23.8. The third kappa shape index (κ3) is 5.29. The number of hydrogen-bond acceptors (Lipinski definition) is 5. The Bertz CT molecular complexity index is 905. The summed E-state index contributed by atoms with van der Waals surface area (Å²) in [4.78, 5) is 53.6. The summed E-state index contributed by atoms with van der Waals surface area (Å²) in [6.45, 7) is 8.66. The van der Waals surface area contributed by atoms with Gasteiger partial charge in [-0.3, -0.25) is 19.3 Å². The van der Waals surface area contributed by atoms with E-state index in [0.717, 1.165) is 32.1 Å². The molecule has 4 amide bonds. The lowest BCUT2D eigenvalue weighted by Crippen LogP contribution is -2.50. The molecule has 1 aromatic carbocycles. The molecule has 32 heavy (non-hydrogen) atoms. The van der Waals surface area contributed by atoms with Gasteiger partial charge in [0.25, 0.3) is 17.7 Å². The topological polar surface area (TPSA) is 96.0 Å². The molecule has 0 spiro atoms. The van der Waals surface area contributed by atoms with Crippen molar-refractivity contribution < 1.29 is 23.9 Å². The number of nitrogens with one attached hydrogen (secondary N) is 1. The Balaban J connectivity index is 1.72. The zero-order chi connectivity index (χ0) is 23.5. The maximum absolute atomic E-state index is 13.3. The molecule has 0 bridgehead atoms. The molecule has 1 aromatic rings. The quantitative estimate of drug-likeness (QED) is 0.678. The Morgan fingerprint density at radius 2 is 1.84 bits per heavy atom. The van der Waals surface area contributed by atoms with Crippen LogP contribution < -0.4 is 5.32 Å². The molecule has 0 saturated carbocycles. The SMILES string of the molecule is CCCCN1C(=O)c2ccc(C(=O)N3CCCCC3CNC(=O)OC(C)(C)C)cc2C1=O. The van der Waals surface area contributed by atoms with Crippen LogP contribution in [0.1, 0.15) is 90.9 Å². The van der Waals surface area contributed by atoms with Gasteiger partial charge in [0.2, 0.25) is 0 Å². The van der Waals surface area contributed by atoms with Crippen molar-refractivity contribution in [2.45, 2.75) is 71.4 Å². The minimum absolute atomic E-state index is 0.157. The molecular formula is C24H33N3O5. The van der Waals surface area contributed by atoms with Crippen LogP contribution in [0.15, 0.2) is 18.2 Å². The van der Waals surface area contributed by atoms with Crippen LogP contribution in [0.3, 0.4) is 0 Å². The number of alkyl carbamates (subject to hydrolysis) is 1. The maximum Gasteiger partial charge on any atom is 0.407 e. The average molecular weight is 444 g/mol. The molecule has 1 atom stereocenters. The van der Waals surface area contributed by atoms with Crippen molar-refractivity contribution in [3.8, 4) is 0 Å². The summed E-state index contributed by atoms with van der Waals surface area (Å²) in [5.41, 5.74) is 0.430. The Morgan fingerprint density at radius 3 is 2.53 bits per heavy atom. The number of likely N-dealkylation sites (tertiary alicyclic amines) is 1. The molecule has 0 aromatic heterocycles. The molecule has 0 aliphatic carbocycles. The number of amides is 4. The number of rotatable bonds is 6. The van der Waals surface area contributed by atoms with Gasteiger partial charge in [0.1, 0.15) is 5.60 Å². The number of carbonyl (C=O) groups excluding carboxylic acids is 4. The summed E-state index contributed by atoms with van der Waals surface area (Å²) in [7, 11) is 0. The molecule has 8 heteroatoms. The molecule has 174 valence electrons. The highest BCUT2D eigenvalue weighted by molar-refractivity contribution is 6.22. The fourth-order valence-corrected chi connectivity index (χ4v) is 4.10. The van der Waals surface area contributed by atoms with E-state index in [0.29, 0.717) is 30.8 Å². The normalized spacial score (nSPS) is 18.6. The molecule has 1 unspecified atom stereocenters. The van der Waals surface area contributed by atoms with Crippen molar-refractivity contribution in [1.29, 1.82) is 0 Å². The van der Waals surface area contributed by atoms with Gasteiger partial charge < -0.3 is 15.0 Å². The summed E-state index contributed by atoms with van der Waals surface area (Å²) in [5, 5.41) is 2.76. The Labute approximate surface area is 189 Å². The second kappa shape index (κ2) is 9.71. The first-order chi connectivity index (χ1) is 15.1. The van der Waals surface area contributed by atoms with Crippen molar-refractivity contribution in [1.82, 2.24) is 15.1 Å². The summed E-state index contributed by atoms with van der Waals surface area (Å²) in [6.07, 6.45) is 3.73. The molecule has 8 nitrogen and oxygen atoms in total. The van der Waals surface area contributed by atoms with E-state index in [1.165, 1.54) is 11.0 Å². The summed E-state index contributed by atoms with van der Waals surface area (Å²) in [6, 6.07) is 4.57. The molecule has 2 aliphatic heterocycles. The van der Waals surface area contributed by atoms with Gasteiger partial charge in [0.15, 0.2) is 0 Å². The Morgan fingerprint density at radius 1 is 1.12 bits per heavy atom. The number of imide groups is 1. The lowest BCUT2D eigenvalue weighted by Gasteiger charge is -2.36. The van der Waals surface area contributed by atoms with Crippen molar-refractivity contribution in [2.24, 2.45) is 0 Å². The summed E-state index contributed by atoms with van der Waals surface area (Å²) >= 11 is 0. The van der Waals surface area contributed by atoms with Crippen LogP contribution in [0.2, 0.25) is 0 Å². The van der Waals surface area contributed by atoms with Crippen molar-refractivity contribution >= 4 is 23.8 Å². The number of benzene rings is 1. The zero-order valence-electron chi connectivity index (χ0n) is 19.4. The Hall–Kier alpha value is -2.90. The van der Waals surface area contributed by atoms with Gasteiger partial charge in [-0.15, -0.1) is 0 Å². The van der Waals surface area contributed by atoms with E-state index in [1.54, 1.807) is 37.8 Å². The molecule has 1 fully saturated rings. The van der Waals surface area contributed by atoms with Gasteiger partial charge in [-0.05, 0) is 64.7 Å². The molecule has 2 aliphatic rings. The predicted molar refractivity (Wildman–Crippen MR) is 120 cm³/mol. The number of ether oxygens (including phenoxy) is 1. The molecule has 1 saturated heterocycles. The number of unbranched alkanes of at least 4 members (excludes halogenated alkanes) is 1. The maximum atomic E-state index is 13.3. The number of fused-ring (bicyclic) bond motifs is 1. The first-order valence-corrected chi connectivity index (χ1v) is 11.4. The lowest BCUT2D eigenvalue weighted by molar-refractivity contribution is 0.0462. The van der Waals surface area contributed by atoms with Crippen LogP contribution in [0.5, 0.6) is 0 Å². The molecule has 3 rings (SSSR count). The number of piperidine rings is 1. The number of hydrogen-bond donors (Lipinski definition) is 1. The van der Waals surface area contributed by atoms with E-state index in [4.69, 9.17) is 4.74 Å². The van der Waals surface area contributed by atoms with E-state index in [9.17, 15) is 19.2 Å². The van der Waals surface area contributed by atoms with Crippen LogP contribution in [0, 0.1) is 0 Å². The molecule has 0 radical (unpaired) electrons. The highest BCUT2D eigenvalue weighted by atomic mass is 16.6.